The van der Waals surface area contributed by atoms with Crippen molar-refractivity contribution in [2.24, 2.45) is 0 Å². The molecule has 0 fully saturated rings. The molecule has 0 radical (unpaired) electrons. The lowest BCUT2D eigenvalue weighted by molar-refractivity contribution is 0.336. The summed E-state index contributed by atoms with van der Waals surface area (Å²) >= 11 is 0. The Kier molecular flexibility index (Phi) is 5.86. The van der Waals surface area contributed by atoms with E-state index in [1.165, 1.54) is 17.3 Å². The number of nitrogens with zero attached hydrogens (tertiary/aromatic N) is 6. The molecule has 1 aliphatic heterocycles. The summed E-state index contributed by atoms with van der Waals surface area (Å²) in [7, 11) is 0. The van der Waals surface area contributed by atoms with E-state index in [9.17, 15) is 9.18 Å². The summed E-state index contributed by atoms with van der Waals surface area (Å²) in [5.41, 5.74) is 2.71. The molecule has 1 aliphatic rings. The maximum atomic E-state index is 13.6. The second kappa shape index (κ2) is 8.77. The minimum Gasteiger partial charge on any atom is -0.324 e. The summed E-state index contributed by atoms with van der Waals surface area (Å²) in [5, 5.41) is 7.22. The Morgan fingerprint density at radius 1 is 1.19 bits per heavy atom. The molecular formula is C26H31FN8O. The fourth-order valence-electron chi connectivity index (χ4n) is 4.68. The van der Waals surface area contributed by atoms with Gasteiger partial charge in [0.2, 0.25) is 5.95 Å². The van der Waals surface area contributed by atoms with Gasteiger partial charge >= 0.3 is 0 Å². The molecule has 0 amide bonds. The van der Waals surface area contributed by atoms with E-state index in [-0.39, 0.29) is 11.1 Å². The second-order valence-electron chi connectivity index (χ2n) is 10.3. The van der Waals surface area contributed by atoms with Crippen molar-refractivity contribution in [2.45, 2.75) is 58.5 Å². The number of hydrogen-bond acceptors (Lipinski definition) is 7. The number of halogens is 1. The molecule has 10 heteroatoms. The number of benzene rings is 1. The molecule has 3 aromatic heterocycles. The predicted octanol–water partition coefficient (Wildman–Crippen LogP) is 3.76. The van der Waals surface area contributed by atoms with Crippen LogP contribution >= 0.6 is 0 Å². The Morgan fingerprint density at radius 2 is 2.00 bits per heavy atom. The highest BCUT2D eigenvalue weighted by atomic mass is 19.1. The van der Waals surface area contributed by atoms with Gasteiger partial charge in [-0.05, 0) is 57.0 Å². The van der Waals surface area contributed by atoms with Crippen molar-refractivity contribution >= 4 is 22.7 Å². The van der Waals surface area contributed by atoms with Gasteiger partial charge in [0.25, 0.3) is 5.56 Å². The van der Waals surface area contributed by atoms with Gasteiger partial charge in [0.05, 0.1) is 5.41 Å². The SMILES string of the molecule is CCn1c(=O)c2cnc(Nc3ccc4c(c3)CCNC4(C)C)nc2n1-c1ccnc(C(C)(C)CF)n1. The number of alkyl halides is 1. The zero-order valence-electron chi connectivity index (χ0n) is 21.3. The summed E-state index contributed by atoms with van der Waals surface area (Å²) in [4.78, 5) is 31.1. The standard InChI is InChI=1S/C26H31FN8O/c1-6-34-22(36)18-14-29-24(31-17-7-8-19-16(13-17)9-12-30-26(19,4)5)33-21(18)35(34)20-10-11-28-23(32-20)25(2,3)15-27/h7-8,10-11,13-14,30H,6,9,12,15H2,1-5H3,(H,29,31,33). The van der Waals surface area contributed by atoms with Crippen LogP contribution in [0.5, 0.6) is 0 Å². The van der Waals surface area contributed by atoms with Crippen LogP contribution in [0.1, 0.15) is 51.6 Å². The highest BCUT2D eigenvalue weighted by Crippen LogP contribution is 2.30. The third-order valence-electron chi connectivity index (χ3n) is 6.77. The van der Waals surface area contributed by atoms with E-state index in [1.807, 2.05) is 13.0 Å². The lowest BCUT2D eigenvalue weighted by atomic mass is 9.85. The molecule has 0 atom stereocenters. The molecule has 0 aliphatic carbocycles. The molecule has 0 saturated heterocycles. The molecule has 0 unspecified atom stereocenters. The average Bonchev–Trinajstić information content (AvgIpc) is 3.14. The molecule has 2 N–H and O–H groups in total. The van der Waals surface area contributed by atoms with Crippen molar-refractivity contribution in [2.75, 3.05) is 18.5 Å². The van der Waals surface area contributed by atoms with Gasteiger partial charge in [0, 0.05) is 36.2 Å². The average molecular weight is 491 g/mol. The van der Waals surface area contributed by atoms with Gasteiger partial charge in [-0.1, -0.05) is 19.9 Å². The molecule has 4 aromatic rings. The molecular weight excluding hydrogens is 459 g/mol. The summed E-state index contributed by atoms with van der Waals surface area (Å²) in [5.74, 6) is 1.18. The van der Waals surface area contributed by atoms with Crippen LogP contribution in [0.2, 0.25) is 0 Å². The molecule has 9 nitrogen and oxygen atoms in total. The van der Waals surface area contributed by atoms with Crippen LogP contribution in [0.15, 0.2) is 41.5 Å². The highest BCUT2D eigenvalue weighted by molar-refractivity contribution is 5.77. The van der Waals surface area contributed by atoms with E-state index in [2.05, 4.69) is 51.6 Å². The Hall–Kier alpha value is -3.66. The quantitative estimate of drug-likeness (QED) is 0.424. The number of anilines is 2. The van der Waals surface area contributed by atoms with Crippen LogP contribution in [0.3, 0.4) is 0 Å². The van der Waals surface area contributed by atoms with Crippen LogP contribution in [-0.2, 0) is 23.9 Å². The first-order valence-electron chi connectivity index (χ1n) is 12.2. The number of hydrogen-bond donors (Lipinski definition) is 2. The third kappa shape index (κ3) is 4.05. The predicted molar refractivity (Wildman–Crippen MR) is 138 cm³/mol. The van der Waals surface area contributed by atoms with Crippen LogP contribution in [0.25, 0.3) is 16.9 Å². The van der Waals surface area contributed by atoms with Gasteiger partial charge in [0.1, 0.15) is 17.9 Å². The maximum Gasteiger partial charge on any atom is 0.278 e. The van der Waals surface area contributed by atoms with Gasteiger partial charge in [-0.3, -0.25) is 9.18 Å². The van der Waals surface area contributed by atoms with Crippen molar-refractivity contribution in [1.82, 2.24) is 34.6 Å². The number of fused-ring (bicyclic) bond motifs is 2. The molecule has 0 spiro atoms. The minimum atomic E-state index is -0.853. The smallest absolute Gasteiger partial charge is 0.278 e. The number of rotatable bonds is 6. The first-order chi connectivity index (χ1) is 17.1. The Balaban J connectivity index is 1.58. The van der Waals surface area contributed by atoms with Crippen molar-refractivity contribution in [3.63, 3.8) is 0 Å². The minimum absolute atomic E-state index is 0.0756. The monoisotopic (exact) mass is 490 g/mol. The Morgan fingerprint density at radius 3 is 2.75 bits per heavy atom. The van der Waals surface area contributed by atoms with E-state index < -0.39 is 12.1 Å². The van der Waals surface area contributed by atoms with Crippen molar-refractivity contribution < 1.29 is 4.39 Å². The fourth-order valence-corrected chi connectivity index (χ4v) is 4.68. The van der Waals surface area contributed by atoms with E-state index in [1.54, 1.807) is 35.5 Å². The van der Waals surface area contributed by atoms with Crippen molar-refractivity contribution in [1.29, 1.82) is 0 Å². The van der Waals surface area contributed by atoms with Gasteiger partial charge in [-0.25, -0.2) is 24.3 Å². The van der Waals surface area contributed by atoms with Gasteiger partial charge in [-0.15, -0.1) is 0 Å². The second-order valence-corrected chi connectivity index (χ2v) is 10.3. The molecule has 188 valence electrons. The fraction of sp³-hybridized carbons (Fsp3) is 0.423. The van der Waals surface area contributed by atoms with E-state index in [0.29, 0.717) is 35.2 Å². The van der Waals surface area contributed by atoms with E-state index >= 15 is 0 Å². The summed E-state index contributed by atoms with van der Waals surface area (Å²) in [6.45, 7) is 10.4. The van der Waals surface area contributed by atoms with Gasteiger partial charge in [-0.2, -0.15) is 4.98 Å². The first kappa shape index (κ1) is 24.1. The maximum absolute atomic E-state index is 13.6. The Bertz CT molecular complexity index is 1500. The Labute approximate surface area is 208 Å². The molecule has 5 rings (SSSR count). The third-order valence-corrected chi connectivity index (χ3v) is 6.77. The summed E-state index contributed by atoms with van der Waals surface area (Å²) in [6, 6.07) is 7.96. The summed E-state index contributed by atoms with van der Waals surface area (Å²) in [6.07, 6.45) is 4.06. The largest absolute Gasteiger partial charge is 0.324 e. The van der Waals surface area contributed by atoms with Gasteiger partial charge in [0.15, 0.2) is 11.5 Å². The van der Waals surface area contributed by atoms with Crippen molar-refractivity contribution in [3.8, 4) is 5.82 Å². The van der Waals surface area contributed by atoms with Crippen LogP contribution < -0.4 is 16.2 Å². The van der Waals surface area contributed by atoms with Crippen LogP contribution in [0.4, 0.5) is 16.0 Å². The lowest BCUT2D eigenvalue weighted by Gasteiger charge is -2.34. The van der Waals surface area contributed by atoms with Crippen LogP contribution in [0, 0.1) is 0 Å². The van der Waals surface area contributed by atoms with E-state index in [4.69, 9.17) is 4.98 Å². The molecule has 36 heavy (non-hydrogen) atoms. The molecule has 0 bridgehead atoms. The highest BCUT2D eigenvalue weighted by Gasteiger charge is 2.27. The number of nitrogens with one attached hydrogen (secondary N) is 2. The lowest BCUT2D eigenvalue weighted by Crippen LogP contribution is -2.42. The summed E-state index contributed by atoms with van der Waals surface area (Å²) < 4.78 is 16.8. The molecule has 1 aromatic carbocycles. The normalized spacial score (nSPS) is 15.2. The van der Waals surface area contributed by atoms with Gasteiger partial charge < -0.3 is 10.6 Å². The molecule has 0 saturated carbocycles. The van der Waals surface area contributed by atoms with Crippen molar-refractivity contribution in [3.05, 3.63) is 64.0 Å². The van der Waals surface area contributed by atoms with Crippen LogP contribution in [-0.4, -0.2) is 42.5 Å². The first-order valence-corrected chi connectivity index (χ1v) is 12.2. The topological polar surface area (TPSA) is 103 Å². The zero-order chi connectivity index (χ0) is 25.7. The zero-order valence-corrected chi connectivity index (χ0v) is 21.3. The van der Waals surface area contributed by atoms with E-state index in [0.717, 1.165) is 18.7 Å². The number of aromatic nitrogens is 6. The molecule has 4 heterocycles.